The van der Waals surface area contributed by atoms with E-state index in [1.54, 1.807) is 0 Å². The second-order valence-corrected chi connectivity index (χ2v) is 8.88. The Bertz CT molecular complexity index is 517. The summed E-state index contributed by atoms with van der Waals surface area (Å²) >= 11 is 0. The van der Waals surface area contributed by atoms with Crippen molar-refractivity contribution < 1.29 is 9.90 Å². The van der Waals surface area contributed by atoms with E-state index in [9.17, 15) is 9.90 Å². The first-order valence-corrected chi connectivity index (χ1v) is 12.6. The van der Waals surface area contributed by atoms with E-state index in [1.165, 1.54) is 77.0 Å². The van der Waals surface area contributed by atoms with Crippen LogP contribution in [0.5, 0.6) is 0 Å². The molecule has 3 heteroatoms. The molecule has 2 unspecified atom stereocenters. The Morgan fingerprint density at radius 1 is 0.800 bits per heavy atom. The molecule has 0 saturated carbocycles. The number of aliphatic hydroxyl groups excluding tert-OH is 1. The number of nitrogens with one attached hydrogen (secondary N) is 1. The minimum Gasteiger partial charge on any atom is -0.387 e. The van der Waals surface area contributed by atoms with Crippen molar-refractivity contribution in [1.82, 2.24) is 5.32 Å². The van der Waals surface area contributed by atoms with E-state index < -0.39 is 6.10 Å². The fourth-order valence-corrected chi connectivity index (χ4v) is 3.95. The number of unbranched alkanes of at least 4 members (excludes halogenated alkanes) is 12. The van der Waals surface area contributed by atoms with Gasteiger partial charge in [-0.3, -0.25) is 4.79 Å². The molecule has 1 rings (SSSR count). The Labute approximate surface area is 186 Å². The van der Waals surface area contributed by atoms with Crippen molar-refractivity contribution in [3.05, 3.63) is 35.9 Å². The molecule has 172 valence electrons. The lowest BCUT2D eigenvalue weighted by Crippen LogP contribution is -2.33. The average Bonchev–Trinajstić information content (AvgIpc) is 2.77. The number of ketones is 1. The van der Waals surface area contributed by atoms with Crippen LogP contribution in [0.15, 0.2) is 30.3 Å². The molecule has 0 fully saturated rings. The summed E-state index contributed by atoms with van der Waals surface area (Å²) in [5.41, 5.74) is 0.913. The minimum atomic E-state index is -0.539. The molecule has 0 aliphatic rings. The lowest BCUT2D eigenvalue weighted by atomic mass is 10.0. The largest absolute Gasteiger partial charge is 0.387 e. The SMILES string of the molecule is CCCCCCCCCCCCCCCC(=O)CCNC(C)C(O)c1ccccc1. The molecular weight excluding hydrogens is 370 g/mol. The smallest absolute Gasteiger partial charge is 0.134 e. The van der Waals surface area contributed by atoms with Gasteiger partial charge in [-0.15, -0.1) is 0 Å². The average molecular weight is 418 g/mol. The number of carbonyl (C=O) groups excluding carboxylic acids is 1. The van der Waals surface area contributed by atoms with Crippen LogP contribution < -0.4 is 5.32 Å². The van der Waals surface area contributed by atoms with Crippen molar-refractivity contribution in [2.45, 2.75) is 122 Å². The van der Waals surface area contributed by atoms with E-state index in [4.69, 9.17) is 0 Å². The highest BCUT2D eigenvalue weighted by Crippen LogP contribution is 2.16. The first-order valence-electron chi connectivity index (χ1n) is 12.6. The van der Waals surface area contributed by atoms with Crippen molar-refractivity contribution in [2.24, 2.45) is 0 Å². The minimum absolute atomic E-state index is 0.0588. The highest BCUT2D eigenvalue weighted by Gasteiger charge is 2.15. The predicted molar refractivity (Wildman–Crippen MR) is 129 cm³/mol. The summed E-state index contributed by atoms with van der Waals surface area (Å²) in [5, 5.41) is 13.6. The summed E-state index contributed by atoms with van der Waals surface area (Å²) < 4.78 is 0. The quantitative estimate of drug-likeness (QED) is 0.222. The monoisotopic (exact) mass is 417 g/mol. The van der Waals surface area contributed by atoms with Gasteiger partial charge >= 0.3 is 0 Å². The van der Waals surface area contributed by atoms with Gasteiger partial charge in [0, 0.05) is 25.4 Å². The highest BCUT2D eigenvalue weighted by molar-refractivity contribution is 5.78. The first kappa shape index (κ1) is 26.8. The zero-order valence-corrected chi connectivity index (χ0v) is 19.7. The predicted octanol–water partition coefficient (Wildman–Crippen LogP) is 7.14. The van der Waals surface area contributed by atoms with Gasteiger partial charge in [0.1, 0.15) is 5.78 Å². The maximum Gasteiger partial charge on any atom is 0.134 e. The Balaban J connectivity index is 1.89. The zero-order valence-electron chi connectivity index (χ0n) is 19.7. The number of hydrogen-bond donors (Lipinski definition) is 2. The third-order valence-electron chi connectivity index (χ3n) is 6.04. The van der Waals surface area contributed by atoms with Crippen molar-refractivity contribution in [3.63, 3.8) is 0 Å². The van der Waals surface area contributed by atoms with Crippen LogP contribution >= 0.6 is 0 Å². The third kappa shape index (κ3) is 13.9. The number of carbonyl (C=O) groups is 1. The van der Waals surface area contributed by atoms with Crippen LogP contribution in [-0.4, -0.2) is 23.5 Å². The molecule has 1 aromatic rings. The molecule has 3 nitrogen and oxygen atoms in total. The first-order chi connectivity index (χ1) is 14.6. The summed E-state index contributed by atoms with van der Waals surface area (Å²) in [6.07, 6.45) is 18.0. The third-order valence-corrected chi connectivity index (χ3v) is 6.04. The summed E-state index contributed by atoms with van der Waals surface area (Å²) in [5.74, 6) is 0.340. The summed E-state index contributed by atoms with van der Waals surface area (Å²) in [4.78, 5) is 12.1. The second-order valence-electron chi connectivity index (χ2n) is 8.88. The van der Waals surface area contributed by atoms with Gasteiger partial charge in [0.05, 0.1) is 6.10 Å². The number of benzene rings is 1. The molecule has 0 spiro atoms. The molecule has 2 N–H and O–H groups in total. The Kier molecular flexibility index (Phi) is 16.6. The standard InChI is InChI=1S/C27H47NO2/c1-3-4-5-6-7-8-9-10-11-12-13-14-18-21-26(29)22-23-28-24(2)27(30)25-19-16-15-17-20-25/h15-17,19-20,24,27-28,30H,3-14,18,21-23H2,1-2H3. The van der Waals surface area contributed by atoms with Crippen LogP contribution in [0.4, 0.5) is 0 Å². The van der Waals surface area contributed by atoms with Crippen molar-refractivity contribution in [3.8, 4) is 0 Å². The van der Waals surface area contributed by atoms with E-state index in [2.05, 4.69) is 12.2 Å². The summed E-state index contributed by atoms with van der Waals surface area (Å²) in [6, 6.07) is 9.63. The van der Waals surface area contributed by atoms with Gasteiger partial charge in [-0.05, 0) is 18.9 Å². The fraction of sp³-hybridized carbons (Fsp3) is 0.741. The second kappa shape index (κ2) is 18.6. The van der Waals surface area contributed by atoms with Gasteiger partial charge in [-0.2, -0.15) is 0 Å². The van der Waals surface area contributed by atoms with Crippen molar-refractivity contribution in [2.75, 3.05) is 6.54 Å². The summed E-state index contributed by atoms with van der Waals surface area (Å²) in [6.45, 7) is 4.88. The Hall–Kier alpha value is -1.19. The molecule has 1 aromatic carbocycles. The molecule has 0 heterocycles. The molecule has 0 saturated heterocycles. The van der Waals surface area contributed by atoms with Gasteiger partial charge in [0.15, 0.2) is 0 Å². The normalized spacial score (nSPS) is 13.3. The fourth-order valence-electron chi connectivity index (χ4n) is 3.95. The molecular formula is C27H47NO2. The zero-order chi connectivity index (χ0) is 21.9. The topological polar surface area (TPSA) is 49.3 Å². The van der Waals surface area contributed by atoms with E-state index in [0.29, 0.717) is 25.2 Å². The molecule has 2 atom stereocenters. The van der Waals surface area contributed by atoms with Crippen LogP contribution in [0.25, 0.3) is 0 Å². The number of Topliss-reactive ketones (excluding diaryl/α,β-unsaturated/α-hetero) is 1. The Morgan fingerprint density at radius 2 is 1.30 bits per heavy atom. The number of aliphatic hydroxyl groups is 1. The Morgan fingerprint density at radius 3 is 1.83 bits per heavy atom. The maximum absolute atomic E-state index is 12.1. The highest BCUT2D eigenvalue weighted by atomic mass is 16.3. The van der Waals surface area contributed by atoms with Gasteiger partial charge in [-0.25, -0.2) is 0 Å². The van der Waals surface area contributed by atoms with Crippen LogP contribution in [-0.2, 0) is 4.79 Å². The van der Waals surface area contributed by atoms with E-state index in [0.717, 1.165) is 12.0 Å². The van der Waals surface area contributed by atoms with Crippen molar-refractivity contribution >= 4 is 5.78 Å². The lowest BCUT2D eigenvalue weighted by molar-refractivity contribution is -0.119. The summed E-state index contributed by atoms with van der Waals surface area (Å²) in [7, 11) is 0. The lowest BCUT2D eigenvalue weighted by Gasteiger charge is -2.20. The molecule has 0 bridgehead atoms. The molecule has 0 aromatic heterocycles. The van der Waals surface area contributed by atoms with Crippen LogP contribution in [0.3, 0.4) is 0 Å². The van der Waals surface area contributed by atoms with Crippen LogP contribution in [0.2, 0.25) is 0 Å². The molecule has 30 heavy (non-hydrogen) atoms. The van der Waals surface area contributed by atoms with E-state index >= 15 is 0 Å². The molecule has 0 aliphatic heterocycles. The number of rotatable bonds is 20. The van der Waals surface area contributed by atoms with Gasteiger partial charge in [0.25, 0.3) is 0 Å². The number of hydrogen-bond acceptors (Lipinski definition) is 3. The van der Waals surface area contributed by atoms with E-state index in [-0.39, 0.29) is 6.04 Å². The molecule has 0 amide bonds. The maximum atomic E-state index is 12.1. The van der Waals surface area contributed by atoms with Gasteiger partial charge in [0.2, 0.25) is 0 Å². The van der Waals surface area contributed by atoms with Crippen LogP contribution in [0.1, 0.15) is 122 Å². The van der Waals surface area contributed by atoms with Crippen molar-refractivity contribution in [1.29, 1.82) is 0 Å². The van der Waals surface area contributed by atoms with Gasteiger partial charge in [-0.1, -0.05) is 114 Å². The molecule has 0 aliphatic carbocycles. The molecule has 0 radical (unpaired) electrons. The van der Waals surface area contributed by atoms with Gasteiger partial charge < -0.3 is 10.4 Å². The van der Waals surface area contributed by atoms with Crippen LogP contribution in [0, 0.1) is 0 Å². The van der Waals surface area contributed by atoms with E-state index in [1.807, 2.05) is 37.3 Å².